The van der Waals surface area contributed by atoms with Crippen molar-refractivity contribution >= 4 is 23.7 Å². The van der Waals surface area contributed by atoms with Crippen molar-refractivity contribution in [2.75, 3.05) is 5.73 Å². The zero-order chi connectivity index (χ0) is 13.2. The average Bonchev–Trinajstić information content (AvgIpc) is 2.54. The zero-order valence-electron chi connectivity index (χ0n) is 10.4. The van der Waals surface area contributed by atoms with Gasteiger partial charge in [-0.3, -0.25) is 9.36 Å². The van der Waals surface area contributed by atoms with E-state index in [4.69, 9.17) is 10.8 Å². The monoisotopic (exact) mass is 258 g/mol. The molecule has 17 heavy (non-hydrogen) atoms. The van der Waals surface area contributed by atoms with E-state index in [1.54, 1.807) is 4.57 Å². The number of carboxylic acid groups (broad SMARTS) is 1. The molecule has 0 amide bonds. The standard InChI is InChI=1S/C10H18N4O2S/c1-5(2)7(8(15)16)17-10-13-12-9(11)14(10)6(3)4/h5-7H,1-4H3,(H2,11,12)(H,15,16). The van der Waals surface area contributed by atoms with Crippen LogP contribution in [0.2, 0.25) is 0 Å². The van der Waals surface area contributed by atoms with Crippen LogP contribution in [0.5, 0.6) is 0 Å². The molecule has 0 aliphatic carbocycles. The Kier molecular flexibility index (Phi) is 4.39. The summed E-state index contributed by atoms with van der Waals surface area (Å²) in [5.74, 6) is -0.520. The maximum absolute atomic E-state index is 11.1. The molecule has 1 aromatic rings. The van der Waals surface area contributed by atoms with Gasteiger partial charge in [0.15, 0.2) is 5.16 Å². The van der Waals surface area contributed by atoms with Crippen LogP contribution in [0.1, 0.15) is 33.7 Å². The number of carbonyl (C=O) groups is 1. The van der Waals surface area contributed by atoms with Crippen molar-refractivity contribution in [3.05, 3.63) is 0 Å². The summed E-state index contributed by atoms with van der Waals surface area (Å²) < 4.78 is 1.74. The minimum absolute atomic E-state index is 0.0102. The van der Waals surface area contributed by atoms with Gasteiger partial charge in [-0.2, -0.15) is 0 Å². The van der Waals surface area contributed by atoms with Crippen molar-refractivity contribution in [3.63, 3.8) is 0 Å². The van der Waals surface area contributed by atoms with Crippen molar-refractivity contribution in [1.29, 1.82) is 0 Å². The first-order valence-corrected chi connectivity index (χ1v) is 6.32. The van der Waals surface area contributed by atoms with Crippen molar-refractivity contribution < 1.29 is 9.90 Å². The summed E-state index contributed by atoms with van der Waals surface area (Å²) >= 11 is 1.19. The molecule has 3 N–H and O–H groups in total. The predicted molar refractivity (Wildman–Crippen MR) is 66.9 cm³/mol. The fourth-order valence-corrected chi connectivity index (χ4v) is 2.55. The quantitative estimate of drug-likeness (QED) is 0.780. The van der Waals surface area contributed by atoms with Crippen LogP contribution in [0.3, 0.4) is 0 Å². The van der Waals surface area contributed by atoms with Crippen molar-refractivity contribution in [2.24, 2.45) is 5.92 Å². The molecule has 1 atom stereocenters. The van der Waals surface area contributed by atoms with E-state index in [0.29, 0.717) is 11.1 Å². The molecule has 0 bridgehead atoms. The molecular weight excluding hydrogens is 240 g/mol. The highest BCUT2D eigenvalue weighted by molar-refractivity contribution is 8.00. The van der Waals surface area contributed by atoms with Crippen molar-refractivity contribution in [2.45, 2.75) is 44.1 Å². The third kappa shape index (κ3) is 3.12. The number of aromatic nitrogens is 3. The minimum atomic E-state index is -0.845. The topological polar surface area (TPSA) is 94.0 Å². The molecule has 6 nitrogen and oxygen atoms in total. The third-order valence-corrected chi connectivity index (χ3v) is 3.78. The van der Waals surface area contributed by atoms with Crippen LogP contribution < -0.4 is 5.73 Å². The fourth-order valence-electron chi connectivity index (χ4n) is 1.44. The lowest BCUT2D eigenvalue weighted by molar-refractivity contribution is -0.137. The number of thioether (sulfide) groups is 1. The summed E-state index contributed by atoms with van der Waals surface area (Å²) in [4.78, 5) is 11.1. The molecule has 1 unspecified atom stereocenters. The van der Waals surface area contributed by atoms with Crippen LogP contribution in [-0.4, -0.2) is 31.1 Å². The maximum atomic E-state index is 11.1. The Morgan fingerprint density at radius 2 is 1.94 bits per heavy atom. The number of nitrogens with two attached hydrogens (primary N) is 1. The van der Waals surface area contributed by atoms with Gasteiger partial charge in [0, 0.05) is 6.04 Å². The van der Waals surface area contributed by atoms with Gasteiger partial charge in [0.2, 0.25) is 5.95 Å². The van der Waals surface area contributed by atoms with Crippen LogP contribution in [0.15, 0.2) is 5.16 Å². The lowest BCUT2D eigenvalue weighted by atomic mass is 10.1. The predicted octanol–water partition coefficient (Wildman–Crippen LogP) is 1.64. The summed E-state index contributed by atoms with van der Waals surface area (Å²) in [7, 11) is 0. The Labute approximate surface area is 105 Å². The number of rotatable bonds is 5. The highest BCUT2D eigenvalue weighted by atomic mass is 32.2. The first kappa shape index (κ1) is 13.8. The second kappa shape index (κ2) is 5.39. The Hall–Kier alpha value is -1.24. The van der Waals surface area contributed by atoms with Gasteiger partial charge in [0.1, 0.15) is 5.25 Å². The van der Waals surface area contributed by atoms with E-state index in [-0.39, 0.29) is 12.0 Å². The number of carboxylic acids is 1. The molecule has 0 fully saturated rings. The van der Waals surface area contributed by atoms with Gasteiger partial charge < -0.3 is 10.8 Å². The number of hydrogen-bond donors (Lipinski definition) is 2. The van der Waals surface area contributed by atoms with Gasteiger partial charge in [0.25, 0.3) is 0 Å². The number of nitrogen functional groups attached to an aromatic ring is 1. The maximum Gasteiger partial charge on any atom is 0.317 e. The van der Waals surface area contributed by atoms with Crippen molar-refractivity contribution in [3.8, 4) is 0 Å². The number of anilines is 1. The van der Waals surface area contributed by atoms with E-state index >= 15 is 0 Å². The van der Waals surface area contributed by atoms with Crippen LogP contribution in [0.25, 0.3) is 0 Å². The third-order valence-electron chi connectivity index (χ3n) is 2.29. The Bertz CT molecular complexity index is 403. The molecule has 0 aliphatic heterocycles. The van der Waals surface area contributed by atoms with Crippen LogP contribution in [0.4, 0.5) is 5.95 Å². The summed E-state index contributed by atoms with van der Waals surface area (Å²) in [6.45, 7) is 7.64. The number of hydrogen-bond acceptors (Lipinski definition) is 5. The molecule has 7 heteroatoms. The summed E-state index contributed by atoms with van der Waals surface area (Å²) in [6, 6.07) is 0.106. The van der Waals surface area contributed by atoms with Crippen LogP contribution >= 0.6 is 11.8 Å². The van der Waals surface area contributed by atoms with Gasteiger partial charge in [-0.1, -0.05) is 25.6 Å². The van der Waals surface area contributed by atoms with E-state index in [1.807, 2.05) is 27.7 Å². The molecule has 1 rings (SSSR count). The van der Waals surface area contributed by atoms with E-state index in [9.17, 15) is 4.79 Å². The number of aliphatic carboxylic acids is 1. The molecule has 0 saturated heterocycles. The molecule has 0 aromatic carbocycles. The highest BCUT2D eigenvalue weighted by Crippen LogP contribution is 2.29. The van der Waals surface area contributed by atoms with Crippen LogP contribution in [-0.2, 0) is 4.79 Å². The molecule has 0 radical (unpaired) electrons. The van der Waals surface area contributed by atoms with E-state index < -0.39 is 11.2 Å². The largest absolute Gasteiger partial charge is 0.480 e. The normalized spacial score (nSPS) is 13.3. The zero-order valence-corrected chi connectivity index (χ0v) is 11.2. The van der Waals surface area contributed by atoms with Gasteiger partial charge in [-0.05, 0) is 19.8 Å². The van der Waals surface area contributed by atoms with E-state index in [1.165, 1.54) is 11.8 Å². The van der Waals surface area contributed by atoms with Crippen LogP contribution in [0, 0.1) is 5.92 Å². The van der Waals surface area contributed by atoms with E-state index in [0.717, 1.165) is 0 Å². The first-order valence-electron chi connectivity index (χ1n) is 5.44. The Morgan fingerprint density at radius 3 is 2.35 bits per heavy atom. The average molecular weight is 258 g/mol. The van der Waals surface area contributed by atoms with Crippen molar-refractivity contribution in [1.82, 2.24) is 14.8 Å². The molecular formula is C10H18N4O2S. The smallest absolute Gasteiger partial charge is 0.317 e. The molecule has 0 saturated carbocycles. The lowest BCUT2D eigenvalue weighted by Crippen LogP contribution is -2.23. The van der Waals surface area contributed by atoms with Gasteiger partial charge in [-0.25, -0.2) is 0 Å². The van der Waals surface area contributed by atoms with Gasteiger partial charge in [-0.15, -0.1) is 10.2 Å². The minimum Gasteiger partial charge on any atom is -0.480 e. The SMILES string of the molecule is CC(C)C(Sc1nnc(N)n1C(C)C)C(=O)O. The second-order valence-electron chi connectivity index (χ2n) is 4.43. The Morgan fingerprint density at radius 1 is 1.35 bits per heavy atom. The summed E-state index contributed by atoms with van der Waals surface area (Å²) in [6.07, 6.45) is 0. The molecule has 96 valence electrons. The number of nitrogens with zero attached hydrogens (tertiary/aromatic N) is 3. The molecule has 1 aromatic heterocycles. The summed E-state index contributed by atoms with van der Waals surface area (Å²) in [5, 5.41) is 16.9. The fraction of sp³-hybridized carbons (Fsp3) is 0.700. The summed E-state index contributed by atoms with van der Waals surface area (Å²) in [5.41, 5.74) is 5.70. The first-order chi connectivity index (χ1) is 7.84. The molecule has 0 aliphatic rings. The van der Waals surface area contributed by atoms with E-state index in [2.05, 4.69) is 10.2 Å². The second-order valence-corrected chi connectivity index (χ2v) is 5.53. The molecule has 1 heterocycles. The highest BCUT2D eigenvalue weighted by Gasteiger charge is 2.26. The van der Waals surface area contributed by atoms with Gasteiger partial charge >= 0.3 is 5.97 Å². The Balaban J connectivity index is 2.98. The molecule has 0 spiro atoms. The van der Waals surface area contributed by atoms with Gasteiger partial charge in [0.05, 0.1) is 0 Å². The lowest BCUT2D eigenvalue weighted by Gasteiger charge is -2.17.